The summed E-state index contributed by atoms with van der Waals surface area (Å²) in [4.78, 5) is 81.8. The fourth-order valence-electron chi connectivity index (χ4n) is 10.1. The van der Waals surface area contributed by atoms with Gasteiger partial charge < -0.3 is 31.1 Å². The topological polar surface area (TPSA) is 193 Å². The van der Waals surface area contributed by atoms with E-state index in [0.717, 1.165) is 111 Å². The van der Waals surface area contributed by atoms with E-state index in [-0.39, 0.29) is 48.2 Å². The van der Waals surface area contributed by atoms with E-state index in [1.807, 2.05) is 31.2 Å². The summed E-state index contributed by atoms with van der Waals surface area (Å²) >= 11 is 0. The van der Waals surface area contributed by atoms with Crippen LogP contribution in [0.1, 0.15) is 127 Å². The maximum atomic E-state index is 15.7. The van der Waals surface area contributed by atoms with E-state index in [0.29, 0.717) is 64.0 Å². The van der Waals surface area contributed by atoms with Crippen molar-refractivity contribution in [2.75, 3.05) is 79.3 Å². The van der Waals surface area contributed by atoms with Gasteiger partial charge in [0, 0.05) is 82.0 Å². The highest BCUT2D eigenvalue weighted by atomic mass is 19.1. The zero-order valence-electron chi connectivity index (χ0n) is 41.9. The number of benzene rings is 2. The summed E-state index contributed by atoms with van der Waals surface area (Å²) in [5.74, 6) is -0.463. The predicted molar refractivity (Wildman–Crippen MR) is 268 cm³/mol. The number of anilines is 4. The van der Waals surface area contributed by atoms with Gasteiger partial charge in [0.2, 0.25) is 24.1 Å². The first kappa shape index (κ1) is 52.9. The van der Waals surface area contributed by atoms with Gasteiger partial charge in [-0.05, 0) is 119 Å². The zero-order valence-corrected chi connectivity index (χ0v) is 41.9. The Bertz CT molecular complexity index is 2340. The Labute approximate surface area is 416 Å². The highest BCUT2D eigenvalue weighted by molar-refractivity contribution is 6.00. The summed E-state index contributed by atoms with van der Waals surface area (Å²) in [5, 5.41) is 16.3. The van der Waals surface area contributed by atoms with Crippen molar-refractivity contribution >= 4 is 53.0 Å². The maximum absolute atomic E-state index is 15.7. The van der Waals surface area contributed by atoms with E-state index in [9.17, 15) is 24.0 Å². The number of carbonyl (C=O) groups excluding carboxylic acids is 5. The number of nitrogens with zero attached hydrogens (tertiary/aromatic N) is 6. The Hall–Kier alpha value is -5.95. The van der Waals surface area contributed by atoms with Gasteiger partial charge >= 0.3 is 0 Å². The molecule has 1 spiro atoms. The van der Waals surface area contributed by atoms with Gasteiger partial charge in [-0.25, -0.2) is 23.8 Å². The van der Waals surface area contributed by atoms with Crippen LogP contribution in [-0.2, 0) is 35.4 Å². The largest absolute Gasteiger partial charge is 0.385 e. The van der Waals surface area contributed by atoms with Crippen LogP contribution in [0.5, 0.6) is 0 Å². The second-order valence-corrected chi connectivity index (χ2v) is 20.6. The van der Waals surface area contributed by atoms with Crippen molar-refractivity contribution in [3.8, 4) is 0 Å². The average molecular weight is 986 g/mol. The number of likely N-dealkylation sites (tertiary alicyclic amines) is 1. The fraction of sp³-hybridized carbons (Fsp3) is 0.596. The minimum atomic E-state index is -0.855. The highest BCUT2D eigenvalue weighted by Crippen LogP contribution is 2.35. The van der Waals surface area contributed by atoms with Gasteiger partial charge in [-0.15, -0.1) is 0 Å². The minimum absolute atomic E-state index is 0.0252. The summed E-state index contributed by atoms with van der Waals surface area (Å²) in [6, 6.07) is 9.54. The number of imide groups is 1. The van der Waals surface area contributed by atoms with Crippen molar-refractivity contribution < 1.29 is 37.6 Å². The highest BCUT2D eigenvalue weighted by Gasteiger charge is 2.42. The average Bonchev–Trinajstić information content (AvgIpc) is 3.33. The Morgan fingerprint density at radius 3 is 2.37 bits per heavy atom. The Morgan fingerprint density at radius 1 is 0.887 bits per heavy atom. The molecule has 4 aliphatic rings. The summed E-state index contributed by atoms with van der Waals surface area (Å²) < 4.78 is 31.1. The van der Waals surface area contributed by atoms with Crippen LogP contribution < -0.4 is 36.4 Å². The fourth-order valence-corrected chi connectivity index (χ4v) is 10.1. The second kappa shape index (κ2) is 24.4. The molecule has 1 aromatic heterocycles. The lowest BCUT2D eigenvalue weighted by atomic mass is 9.82. The van der Waals surface area contributed by atoms with Gasteiger partial charge in [0.15, 0.2) is 0 Å². The second-order valence-electron chi connectivity index (χ2n) is 20.6. The van der Waals surface area contributed by atoms with Crippen molar-refractivity contribution in [3.63, 3.8) is 0 Å². The Morgan fingerprint density at radius 2 is 1.62 bits per heavy atom. The molecule has 2 unspecified atom stereocenters. The first-order valence-corrected chi connectivity index (χ1v) is 25.5. The van der Waals surface area contributed by atoms with Crippen LogP contribution in [0.25, 0.3) is 0 Å². The zero-order chi connectivity index (χ0) is 50.5. The molecule has 17 nitrogen and oxygen atoms in total. The molecule has 2 aromatic carbocycles. The SMILES string of the molecule is Cc1cc(NCCCCNC(=O)CCCCCCNc2cc(N3CCC4(CC3)CN(c3cc(F)c(CN5CCC(C)(C)CC5)cc3F)CC(=O)N4)ncn2)ccc1C(C)ON(C=O)C1CCC(=O)NC1=O. The molecule has 5 amide bonds. The van der Waals surface area contributed by atoms with Gasteiger partial charge in [0.05, 0.1) is 17.8 Å². The normalized spacial score (nSPS) is 19.5. The summed E-state index contributed by atoms with van der Waals surface area (Å²) in [7, 11) is 0. The number of aryl methyl sites for hydroxylation is 1. The van der Waals surface area contributed by atoms with E-state index < -0.39 is 35.2 Å². The van der Waals surface area contributed by atoms with Crippen LogP contribution in [0, 0.1) is 24.0 Å². The Balaban J connectivity index is 0.735. The minimum Gasteiger partial charge on any atom is -0.385 e. The molecule has 2 atom stereocenters. The van der Waals surface area contributed by atoms with Crippen molar-refractivity contribution in [2.45, 2.75) is 135 Å². The number of nitrogens with one attached hydrogen (secondary N) is 5. The molecule has 0 saturated carbocycles. The van der Waals surface area contributed by atoms with Crippen molar-refractivity contribution in [3.05, 3.63) is 71.1 Å². The summed E-state index contributed by atoms with van der Waals surface area (Å²) in [6.45, 7) is 14.1. The van der Waals surface area contributed by atoms with Crippen LogP contribution in [0.3, 0.4) is 0 Å². The van der Waals surface area contributed by atoms with E-state index in [1.165, 1.54) is 12.1 Å². The van der Waals surface area contributed by atoms with Crippen LogP contribution in [-0.4, -0.2) is 120 Å². The third-order valence-electron chi connectivity index (χ3n) is 14.5. The number of carbonyl (C=O) groups is 5. The number of hydrogen-bond acceptors (Lipinski definition) is 13. The quantitative estimate of drug-likeness (QED) is 0.0309. The molecule has 0 aliphatic carbocycles. The molecule has 4 aliphatic heterocycles. The number of piperidine rings is 3. The molecule has 5 heterocycles. The van der Waals surface area contributed by atoms with Crippen LogP contribution >= 0.6 is 0 Å². The maximum Gasteiger partial charge on any atom is 0.251 e. The lowest BCUT2D eigenvalue weighted by Crippen LogP contribution is -2.66. The molecule has 386 valence electrons. The number of rotatable bonds is 23. The van der Waals surface area contributed by atoms with Crippen molar-refractivity contribution in [1.82, 2.24) is 35.9 Å². The van der Waals surface area contributed by atoms with Crippen LogP contribution in [0.2, 0.25) is 0 Å². The number of piperazine rings is 1. The number of aromatic nitrogens is 2. The molecule has 19 heteroatoms. The number of unbranched alkanes of at least 4 members (excludes halogenated alkanes) is 4. The van der Waals surface area contributed by atoms with E-state index in [4.69, 9.17) is 4.84 Å². The van der Waals surface area contributed by atoms with E-state index in [2.05, 4.69) is 60.2 Å². The Kier molecular flexibility index (Phi) is 18.2. The summed E-state index contributed by atoms with van der Waals surface area (Å²) in [6.07, 6.45) is 11.1. The van der Waals surface area contributed by atoms with Gasteiger partial charge in [-0.2, -0.15) is 0 Å². The number of amides is 5. The molecule has 0 radical (unpaired) electrons. The third-order valence-corrected chi connectivity index (χ3v) is 14.5. The van der Waals surface area contributed by atoms with Crippen LogP contribution in [0.4, 0.5) is 31.8 Å². The number of halogens is 2. The lowest BCUT2D eigenvalue weighted by molar-refractivity contribution is -0.211. The first-order chi connectivity index (χ1) is 34.1. The van der Waals surface area contributed by atoms with Gasteiger partial charge in [0.1, 0.15) is 41.7 Å². The summed E-state index contributed by atoms with van der Waals surface area (Å²) in [5.41, 5.74) is 2.96. The molecule has 4 saturated heterocycles. The van der Waals surface area contributed by atoms with Gasteiger partial charge in [0.25, 0.3) is 5.91 Å². The van der Waals surface area contributed by atoms with E-state index in [1.54, 1.807) is 18.2 Å². The molecule has 71 heavy (non-hydrogen) atoms. The number of hydrogen-bond donors (Lipinski definition) is 5. The molecule has 5 N–H and O–H groups in total. The molecule has 3 aromatic rings. The van der Waals surface area contributed by atoms with E-state index >= 15 is 8.78 Å². The molecular formula is C52H73F2N11O6. The first-order valence-electron chi connectivity index (χ1n) is 25.5. The molecule has 7 rings (SSSR count). The molecular weight excluding hydrogens is 913 g/mol. The smallest absolute Gasteiger partial charge is 0.251 e. The number of hydroxylamine groups is 2. The third kappa shape index (κ3) is 14.8. The predicted octanol–water partition coefficient (Wildman–Crippen LogP) is 6.29. The van der Waals surface area contributed by atoms with Crippen LogP contribution in [0.15, 0.2) is 42.7 Å². The molecule has 0 bridgehead atoms. The van der Waals surface area contributed by atoms with Gasteiger partial charge in [-0.3, -0.25) is 39.0 Å². The lowest BCUT2D eigenvalue weighted by Gasteiger charge is -2.48. The molecule has 4 fully saturated rings. The van der Waals surface area contributed by atoms with Gasteiger partial charge in [-0.1, -0.05) is 32.8 Å². The van der Waals surface area contributed by atoms with Crippen molar-refractivity contribution in [2.24, 2.45) is 5.41 Å². The monoisotopic (exact) mass is 986 g/mol. The van der Waals surface area contributed by atoms with Crippen molar-refractivity contribution in [1.29, 1.82) is 0 Å². The standard InChI is InChI=1S/C52H73F2N11O6/c1-36-27-39(12-13-40(36)37(2)71-65(35-66)43-14-15-48(68)60-50(43)70)55-20-9-10-22-57-47(67)11-7-5-6-8-21-56-45-30-46(59-34-58-45)63-25-18-52(19-26-63)33-64(32-49(69)61-52)44-29-41(53)38(28-42(44)54)31-62-23-16-51(3,4)17-24-62/h12-13,27-30,34-35,37,43,55H,5-11,14-26,31-33H2,1-4H3,(H,57,67)(H,61,69)(H,56,58,59)(H,60,68,70).